The van der Waals surface area contributed by atoms with Gasteiger partial charge in [-0.3, -0.25) is 4.79 Å². The predicted molar refractivity (Wildman–Crippen MR) is 96.7 cm³/mol. The number of anilines is 1. The smallest absolute Gasteiger partial charge is 0.341 e. The second-order valence-electron chi connectivity index (χ2n) is 6.92. The van der Waals surface area contributed by atoms with Gasteiger partial charge in [-0.05, 0) is 50.5 Å². The van der Waals surface area contributed by atoms with Crippen LogP contribution in [0.1, 0.15) is 73.2 Å². The Morgan fingerprint density at radius 3 is 2.62 bits per heavy atom. The maximum atomic E-state index is 12.5. The molecule has 4 nitrogen and oxygen atoms in total. The van der Waals surface area contributed by atoms with Crippen molar-refractivity contribution < 1.29 is 14.3 Å². The Morgan fingerprint density at radius 1 is 1.21 bits per heavy atom. The zero-order valence-corrected chi connectivity index (χ0v) is 15.5. The van der Waals surface area contributed by atoms with Crippen molar-refractivity contribution >= 4 is 28.2 Å². The maximum absolute atomic E-state index is 12.5. The Labute approximate surface area is 148 Å². The van der Waals surface area contributed by atoms with Gasteiger partial charge in [0, 0.05) is 10.8 Å². The van der Waals surface area contributed by atoms with E-state index in [2.05, 4.69) is 12.2 Å². The van der Waals surface area contributed by atoms with Gasteiger partial charge in [-0.15, -0.1) is 11.3 Å². The summed E-state index contributed by atoms with van der Waals surface area (Å²) in [7, 11) is 0. The van der Waals surface area contributed by atoms with Gasteiger partial charge in [-0.2, -0.15) is 0 Å². The van der Waals surface area contributed by atoms with Crippen molar-refractivity contribution in [2.45, 2.75) is 65.2 Å². The molecule has 1 amide bonds. The summed E-state index contributed by atoms with van der Waals surface area (Å²) in [5.74, 6) is 0.572. The van der Waals surface area contributed by atoms with Crippen molar-refractivity contribution in [2.24, 2.45) is 11.8 Å². The van der Waals surface area contributed by atoms with Gasteiger partial charge in [0.15, 0.2) is 0 Å². The van der Waals surface area contributed by atoms with E-state index in [-0.39, 0.29) is 17.8 Å². The van der Waals surface area contributed by atoms with E-state index in [4.69, 9.17) is 4.74 Å². The molecule has 1 aromatic heterocycles. The second kappa shape index (κ2) is 7.68. The van der Waals surface area contributed by atoms with Crippen LogP contribution in [0, 0.1) is 11.8 Å². The summed E-state index contributed by atoms with van der Waals surface area (Å²) in [6.45, 7) is 4.40. The third kappa shape index (κ3) is 3.51. The molecule has 0 aromatic carbocycles. The Kier molecular flexibility index (Phi) is 5.59. The maximum Gasteiger partial charge on any atom is 0.341 e. The fourth-order valence-electron chi connectivity index (χ4n) is 3.91. The topological polar surface area (TPSA) is 55.4 Å². The lowest BCUT2D eigenvalue weighted by molar-refractivity contribution is -0.119. The first-order valence-corrected chi connectivity index (χ1v) is 10.1. The minimum absolute atomic E-state index is 0.0729. The summed E-state index contributed by atoms with van der Waals surface area (Å²) in [4.78, 5) is 26.3. The van der Waals surface area contributed by atoms with Gasteiger partial charge in [0.1, 0.15) is 5.00 Å². The third-order valence-corrected chi connectivity index (χ3v) is 6.56. The monoisotopic (exact) mass is 349 g/mol. The first-order valence-electron chi connectivity index (χ1n) is 9.26. The predicted octanol–water partition coefficient (Wildman–Crippen LogP) is 4.57. The number of nitrogens with one attached hydrogen (secondary N) is 1. The van der Waals surface area contributed by atoms with Crippen LogP contribution in [0.25, 0.3) is 0 Å². The van der Waals surface area contributed by atoms with Crippen LogP contribution >= 0.6 is 11.3 Å². The molecule has 1 saturated carbocycles. The number of carbonyl (C=O) groups excluding carboxylic acids is 2. The highest BCUT2D eigenvalue weighted by Gasteiger charge is 2.31. The minimum atomic E-state index is -0.285. The summed E-state index contributed by atoms with van der Waals surface area (Å²) >= 11 is 1.59. The SMILES string of the molecule is CCOC(=O)c1c(NC(=O)C2CCCC2)sc2c1CC[C@H](CC)C2. The number of carbonyl (C=O) groups is 2. The van der Waals surface area contributed by atoms with Crippen molar-refractivity contribution in [2.75, 3.05) is 11.9 Å². The summed E-state index contributed by atoms with van der Waals surface area (Å²) in [5, 5.41) is 3.78. The van der Waals surface area contributed by atoms with Crippen LogP contribution in [-0.4, -0.2) is 18.5 Å². The van der Waals surface area contributed by atoms with Crippen molar-refractivity contribution in [1.29, 1.82) is 0 Å². The highest BCUT2D eigenvalue weighted by molar-refractivity contribution is 7.17. The fraction of sp³-hybridized carbons (Fsp3) is 0.684. The van der Waals surface area contributed by atoms with Gasteiger partial charge in [0.05, 0.1) is 12.2 Å². The first-order chi connectivity index (χ1) is 11.6. The molecular formula is C19H27NO3S. The van der Waals surface area contributed by atoms with Crippen LogP contribution < -0.4 is 5.32 Å². The Morgan fingerprint density at radius 2 is 1.96 bits per heavy atom. The number of hydrogen-bond acceptors (Lipinski definition) is 4. The largest absolute Gasteiger partial charge is 0.462 e. The molecule has 1 aromatic rings. The second-order valence-corrected chi connectivity index (χ2v) is 8.02. The normalized spacial score (nSPS) is 20.7. The van der Waals surface area contributed by atoms with E-state index in [1.807, 2.05) is 6.92 Å². The number of amides is 1. The molecule has 2 aliphatic rings. The summed E-state index contributed by atoms with van der Waals surface area (Å²) in [6.07, 6.45) is 8.38. The average Bonchev–Trinajstić information content (AvgIpc) is 3.21. The van der Waals surface area contributed by atoms with Crippen molar-refractivity contribution in [3.8, 4) is 0 Å². The van der Waals surface area contributed by atoms with Crippen LogP contribution in [0.5, 0.6) is 0 Å². The van der Waals surface area contributed by atoms with Gasteiger partial charge in [0.25, 0.3) is 0 Å². The van der Waals surface area contributed by atoms with Crippen molar-refractivity contribution in [1.82, 2.24) is 0 Å². The molecular weight excluding hydrogens is 322 g/mol. The lowest BCUT2D eigenvalue weighted by Gasteiger charge is -2.21. The molecule has 0 spiro atoms. The molecule has 0 unspecified atom stereocenters. The summed E-state index contributed by atoms with van der Waals surface area (Å²) in [6, 6.07) is 0. The number of esters is 1. The van der Waals surface area contributed by atoms with Gasteiger partial charge in [-0.1, -0.05) is 26.2 Å². The van der Waals surface area contributed by atoms with Crippen LogP contribution in [0.4, 0.5) is 5.00 Å². The lowest BCUT2D eigenvalue weighted by Crippen LogP contribution is -2.21. The van der Waals surface area contributed by atoms with E-state index in [1.54, 1.807) is 11.3 Å². The van der Waals surface area contributed by atoms with Crippen molar-refractivity contribution in [3.05, 3.63) is 16.0 Å². The highest BCUT2D eigenvalue weighted by atomic mass is 32.1. The van der Waals surface area contributed by atoms with Gasteiger partial charge in [-0.25, -0.2) is 4.79 Å². The number of thiophene rings is 1. The molecule has 132 valence electrons. The van der Waals surface area contributed by atoms with Crippen LogP contribution in [0.2, 0.25) is 0 Å². The Balaban J connectivity index is 1.87. The van der Waals surface area contributed by atoms with E-state index < -0.39 is 0 Å². The molecule has 1 atom stereocenters. The zero-order chi connectivity index (χ0) is 17.1. The molecule has 1 N–H and O–H groups in total. The molecule has 24 heavy (non-hydrogen) atoms. The van der Waals surface area contributed by atoms with E-state index in [0.717, 1.165) is 56.9 Å². The van der Waals surface area contributed by atoms with Crippen LogP contribution in [-0.2, 0) is 22.4 Å². The Hall–Kier alpha value is -1.36. The minimum Gasteiger partial charge on any atom is -0.462 e. The van der Waals surface area contributed by atoms with E-state index in [0.29, 0.717) is 23.1 Å². The molecule has 2 aliphatic carbocycles. The molecule has 1 heterocycles. The highest BCUT2D eigenvalue weighted by Crippen LogP contribution is 2.41. The third-order valence-electron chi connectivity index (χ3n) is 5.39. The number of hydrogen-bond donors (Lipinski definition) is 1. The first kappa shape index (κ1) is 17.5. The van der Waals surface area contributed by atoms with Crippen LogP contribution in [0.15, 0.2) is 0 Å². The Bertz CT molecular complexity index is 616. The molecule has 0 aliphatic heterocycles. The standard InChI is InChI=1S/C19H27NO3S/c1-3-12-9-10-14-15(11-12)24-18(16(14)19(22)23-4-2)20-17(21)13-7-5-6-8-13/h12-13H,3-11H2,1-2H3,(H,20,21)/t12-/m0/s1. The average molecular weight is 349 g/mol. The molecule has 1 fully saturated rings. The number of fused-ring (bicyclic) bond motifs is 1. The van der Waals surface area contributed by atoms with E-state index in [9.17, 15) is 9.59 Å². The zero-order valence-electron chi connectivity index (χ0n) is 14.7. The molecule has 0 radical (unpaired) electrons. The summed E-state index contributed by atoms with van der Waals surface area (Å²) in [5.41, 5.74) is 1.74. The van der Waals surface area contributed by atoms with Gasteiger partial charge in [0.2, 0.25) is 5.91 Å². The summed E-state index contributed by atoms with van der Waals surface area (Å²) < 4.78 is 5.27. The van der Waals surface area contributed by atoms with E-state index in [1.165, 1.54) is 4.88 Å². The van der Waals surface area contributed by atoms with E-state index >= 15 is 0 Å². The van der Waals surface area contributed by atoms with Gasteiger partial charge < -0.3 is 10.1 Å². The molecule has 0 bridgehead atoms. The lowest BCUT2D eigenvalue weighted by atomic mass is 9.85. The van der Waals surface area contributed by atoms with Gasteiger partial charge >= 0.3 is 5.97 Å². The van der Waals surface area contributed by atoms with Crippen molar-refractivity contribution in [3.63, 3.8) is 0 Å². The molecule has 3 rings (SSSR count). The quantitative estimate of drug-likeness (QED) is 0.792. The van der Waals surface area contributed by atoms with Crippen LogP contribution in [0.3, 0.4) is 0 Å². The fourth-order valence-corrected chi connectivity index (χ4v) is 5.26. The molecule has 5 heteroatoms. The number of rotatable bonds is 5. The number of ether oxygens (including phenoxy) is 1. The molecule has 0 saturated heterocycles.